The number of fused-ring (bicyclic) bond motifs is 10. The second-order valence-electron chi connectivity index (χ2n) is 18.7. The van der Waals surface area contributed by atoms with Crippen molar-refractivity contribution in [1.82, 2.24) is 4.98 Å². The van der Waals surface area contributed by atoms with Crippen LogP contribution in [-0.4, -0.2) is 4.98 Å². The number of hydrogen-bond acceptors (Lipinski definition) is 2. The summed E-state index contributed by atoms with van der Waals surface area (Å²) >= 11 is 0. The Hall–Kier alpha value is -8.85. The number of nitrogens with zero attached hydrogens (tertiary/aromatic N) is 2. The average molecular weight is 893 g/mol. The first-order chi connectivity index (χ1) is 34.6. The van der Waals surface area contributed by atoms with Crippen molar-refractivity contribution < 1.29 is 0 Å². The summed E-state index contributed by atoms with van der Waals surface area (Å²) in [6.07, 6.45) is 3.81. The number of benzene rings is 10. The van der Waals surface area contributed by atoms with Crippen LogP contribution in [0.15, 0.2) is 255 Å². The Bertz CT molecular complexity index is 3730. The van der Waals surface area contributed by atoms with Crippen LogP contribution in [0.2, 0.25) is 0 Å². The van der Waals surface area contributed by atoms with Crippen LogP contribution in [-0.2, 0) is 5.41 Å². The zero-order chi connectivity index (χ0) is 46.8. The van der Waals surface area contributed by atoms with Crippen LogP contribution in [0, 0.1) is 13.8 Å². The quantitative estimate of drug-likeness (QED) is 0.151. The molecule has 2 aliphatic carbocycles. The standard InChI is InChI=1S/C68H48N2/c1-45-16-6-7-19-54(45)55-35-30-50(42-46(55)2)56-20-8-9-21-57(56)51-31-37-67(62(43-51)49-38-40-69-41-39-49)70(52-32-28-48(29-33-52)47-17-4-3-5-18-47)53-34-36-61-60-24-12-15-27-65(60)68(66(61)44-53)63-25-13-10-22-58(63)59-23-11-14-26-64(59)68/h3-44H,1-2H3. The predicted octanol–water partition coefficient (Wildman–Crippen LogP) is 17.8. The molecule has 1 spiro atoms. The lowest BCUT2D eigenvalue weighted by atomic mass is 9.70. The largest absolute Gasteiger partial charge is 0.310 e. The molecule has 0 amide bonds. The Morgan fingerprint density at radius 3 is 1.36 bits per heavy atom. The van der Waals surface area contributed by atoms with Crippen LogP contribution in [0.4, 0.5) is 17.1 Å². The number of pyridine rings is 1. The van der Waals surface area contributed by atoms with Crippen LogP contribution >= 0.6 is 0 Å². The highest BCUT2D eigenvalue weighted by Gasteiger charge is 2.51. The Labute approximate surface area is 410 Å². The molecule has 2 nitrogen and oxygen atoms in total. The maximum Gasteiger partial charge on any atom is 0.0726 e. The van der Waals surface area contributed by atoms with E-state index in [9.17, 15) is 0 Å². The number of aromatic nitrogens is 1. The summed E-state index contributed by atoms with van der Waals surface area (Å²) in [6.45, 7) is 4.42. The molecule has 0 saturated heterocycles. The molecular weight excluding hydrogens is 845 g/mol. The summed E-state index contributed by atoms with van der Waals surface area (Å²) < 4.78 is 0. The van der Waals surface area contributed by atoms with Gasteiger partial charge in [0.05, 0.1) is 11.1 Å². The monoisotopic (exact) mass is 892 g/mol. The first kappa shape index (κ1) is 41.3. The minimum absolute atomic E-state index is 0.476. The second-order valence-corrected chi connectivity index (χ2v) is 18.7. The fourth-order valence-electron chi connectivity index (χ4n) is 11.7. The summed E-state index contributed by atoms with van der Waals surface area (Å²) in [4.78, 5) is 6.97. The first-order valence-electron chi connectivity index (χ1n) is 24.3. The van der Waals surface area contributed by atoms with Crippen molar-refractivity contribution in [2.45, 2.75) is 19.3 Å². The number of aryl methyl sites for hydroxylation is 2. The number of anilines is 3. The van der Waals surface area contributed by atoms with E-state index in [4.69, 9.17) is 0 Å². The molecule has 1 aromatic heterocycles. The van der Waals surface area contributed by atoms with Crippen LogP contribution < -0.4 is 4.90 Å². The highest BCUT2D eigenvalue weighted by molar-refractivity contribution is 5.98. The Balaban J connectivity index is 1.02. The molecule has 0 N–H and O–H groups in total. The third-order valence-electron chi connectivity index (χ3n) is 14.9. The molecule has 2 heteroatoms. The zero-order valence-corrected chi connectivity index (χ0v) is 39.1. The second kappa shape index (κ2) is 16.7. The maximum absolute atomic E-state index is 4.50. The molecule has 10 aromatic carbocycles. The summed E-state index contributed by atoms with van der Waals surface area (Å²) in [5.41, 5.74) is 27.6. The van der Waals surface area contributed by atoms with Crippen molar-refractivity contribution in [2.75, 3.05) is 4.90 Å². The third kappa shape index (κ3) is 6.52. The summed E-state index contributed by atoms with van der Waals surface area (Å²) in [5.74, 6) is 0. The van der Waals surface area contributed by atoms with E-state index in [2.05, 4.69) is 266 Å². The van der Waals surface area contributed by atoms with Gasteiger partial charge in [-0.15, -0.1) is 0 Å². The van der Waals surface area contributed by atoms with E-state index in [1.54, 1.807) is 0 Å². The smallest absolute Gasteiger partial charge is 0.0726 e. The van der Waals surface area contributed by atoms with Crippen molar-refractivity contribution >= 4 is 17.1 Å². The molecule has 11 aromatic rings. The molecule has 2 aliphatic rings. The van der Waals surface area contributed by atoms with E-state index >= 15 is 0 Å². The highest BCUT2D eigenvalue weighted by atomic mass is 15.1. The van der Waals surface area contributed by atoms with Gasteiger partial charge in [0, 0.05) is 29.3 Å². The van der Waals surface area contributed by atoms with E-state index in [0.29, 0.717) is 0 Å². The molecule has 0 bridgehead atoms. The Morgan fingerprint density at radius 1 is 0.286 bits per heavy atom. The molecule has 330 valence electrons. The van der Waals surface area contributed by atoms with Crippen LogP contribution in [0.25, 0.3) is 77.9 Å². The lowest BCUT2D eigenvalue weighted by Crippen LogP contribution is -2.26. The van der Waals surface area contributed by atoms with Crippen LogP contribution in [0.5, 0.6) is 0 Å². The zero-order valence-electron chi connectivity index (χ0n) is 39.1. The lowest BCUT2D eigenvalue weighted by molar-refractivity contribution is 0.793. The average Bonchev–Trinajstić information content (AvgIpc) is 3.89. The molecule has 0 radical (unpaired) electrons. The van der Waals surface area contributed by atoms with Crippen LogP contribution in [0.3, 0.4) is 0 Å². The van der Waals surface area contributed by atoms with E-state index in [0.717, 1.165) is 33.8 Å². The van der Waals surface area contributed by atoms with Gasteiger partial charge in [0.25, 0.3) is 0 Å². The van der Waals surface area contributed by atoms with Crippen molar-refractivity contribution in [3.63, 3.8) is 0 Å². The van der Waals surface area contributed by atoms with Crippen molar-refractivity contribution in [2.24, 2.45) is 0 Å². The molecular formula is C68H48N2. The minimum Gasteiger partial charge on any atom is -0.310 e. The molecule has 0 saturated carbocycles. The van der Waals surface area contributed by atoms with E-state index in [-0.39, 0.29) is 0 Å². The normalized spacial score (nSPS) is 12.5. The van der Waals surface area contributed by atoms with Gasteiger partial charge in [-0.1, -0.05) is 194 Å². The topological polar surface area (TPSA) is 16.1 Å². The maximum atomic E-state index is 4.50. The van der Waals surface area contributed by atoms with Gasteiger partial charge < -0.3 is 4.90 Å². The molecule has 0 fully saturated rings. The molecule has 0 unspecified atom stereocenters. The van der Waals surface area contributed by atoms with Gasteiger partial charge in [-0.3, -0.25) is 4.98 Å². The van der Waals surface area contributed by atoms with Gasteiger partial charge in [0.1, 0.15) is 0 Å². The van der Waals surface area contributed by atoms with Gasteiger partial charge in [-0.25, -0.2) is 0 Å². The summed E-state index contributed by atoms with van der Waals surface area (Å²) in [5, 5.41) is 0. The van der Waals surface area contributed by atoms with E-state index in [1.165, 1.54) is 94.6 Å². The fraction of sp³-hybridized carbons (Fsp3) is 0.0441. The SMILES string of the molecule is Cc1ccccc1-c1ccc(-c2ccccc2-c2ccc(N(c3ccc(-c4ccccc4)cc3)c3ccc4c(c3)C3(c5ccccc5-c5ccccc53)c3ccccc3-4)c(-c3ccncc3)c2)cc1C. The minimum atomic E-state index is -0.476. The van der Waals surface area contributed by atoms with Crippen molar-refractivity contribution in [3.8, 4) is 77.9 Å². The van der Waals surface area contributed by atoms with Gasteiger partial charge in [-0.2, -0.15) is 0 Å². The van der Waals surface area contributed by atoms with Gasteiger partial charge in [0.2, 0.25) is 0 Å². The van der Waals surface area contributed by atoms with Crippen molar-refractivity contribution in [1.29, 1.82) is 0 Å². The molecule has 0 aliphatic heterocycles. The first-order valence-corrected chi connectivity index (χ1v) is 24.3. The lowest BCUT2D eigenvalue weighted by Gasteiger charge is -2.33. The molecule has 13 rings (SSSR count). The van der Waals surface area contributed by atoms with Gasteiger partial charge in [-0.05, 0) is 168 Å². The van der Waals surface area contributed by atoms with E-state index in [1.807, 2.05) is 12.4 Å². The Morgan fingerprint density at radius 2 is 0.743 bits per heavy atom. The highest BCUT2D eigenvalue weighted by Crippen LogP contribution is 2.63. The molecule has 1 heterocycles. The van der Waals surface area contributed by atoms with Crippen LogP contribution in [0.1, 0.15) is 33.4 Å². The van der Waals surface area contributed by atoms with Gasteiger partial charge >= 0.3 is 0 Å². The number of rotatable bonds is 8. The van der Waals surface area contributed by atoms with Gasteiger partial charge in [0.15, 0.2) is 0 Å². The Kier molecular flexibility index (Phi) is 9.88. The molecule has 0 atom stereocenters. The summed E-state index contributed by atoms with van der Waals surface area (Å²) in [7, 11) is 0. The van der Waals surface area contributed by atoms with E-state index < -0.39 is 5.41 Å². The number of hydrogen-bond donors (Lipinski definition) is 0. The third-order valence-corrected chi connectivity index (χ3v) is 14.9. The summed E-state index contributed by atoms with van der Waals surface area (Å²) in [6, 6.07) is 89.8. The van der Waals surface area contributed by atoms with Crippen molar-refractivity contribution in [3.05, 3.63) is 288 Å². The molecule has 70 heavy (non-hydrogen) atoms. The predicted molar refractivity (Wildman–Crippen MR) is 292 cm³/mol. The fourth-order valence-corrected chi connectivity index (χ4v) is 11.7.